The zero-order valence-electron chi connectivity index (χ0n) is 18.8. The number of allylic oxidation sites excluding steroid dienone is 2. The van der Waals surface area contributed by atoms with Crippen LogP contribution in [0.5, 0.6) is 5.75 Å². The smallest absolute Gasteiger partial charge is 0.196 e. The molecule has 0 saturated carbocycles. The van der Waals surface area contributed by atoms with Crippen LogP contribution in [0.4, 0.5) is 11.4 Å². The number of rotatable bonds is 2. The minimum absolute atomic E-state index is 0.00637. The summed E-state index contributed by atoms with van der Waals surface area (Å²) in [5, 5.41) is 2.13. The first-order valence-electron chi connectivity index (χ1n) is 11.1. The van der Waals surface area contributed by atoms with Gasteiger partial charge in [-0.3, -0.25) is 4.79 Å². The van der Waals surface area contributed by atoms with Gasteiger partial charge in [0.2, 0.25) is 0 Å². The van der Waals surface area contributed by atoms with E-state index in [0.29, 0.717) is 16.9 Å². The van der Waals surface area contributed by atoms with Gasteiger partial charge in [-0.2, -0.15) is 0 Å². The van der Waals surface area contributed by atoms with Gasteiger partial charge >= 0.3 is 0 Å². The highest BCUT2D eigenvalue weighted by Crippen LogP contribution is 2.46. The molecule has 0 unspecified atom stereocenters. The van der Waals surface area contributed by atoms with Crippen molar-refractivity contribution in [1.29, 1.82) is 0 Å². The average Bonchev–Trinajstić information content (AvgIpc) is 3.35. The number of carbonyl (C=O) groups is 1. The summed E-state index contributed by atoms with van der Waals surface area (Å²) in [6.45, 7) is 0. The molecule has 6 rings (SSSR count). The van der Waals surface area contributed by atoms with Crippen LogP contribution in [-0.2, 0) is 0 Å². The maximum absolute atomic E-state index is 13.6. The monoisotopic (exact) mass is 482 g/mol. The summed E-state index contributed by atoms with van der Waals surface area (Å²) in [5.74, 6) is 0.633. The predicted molar refractivity (Wildman–Crippen MR) is 141 cm³/mol. The molecular formula is C28H22N2O2S2. The van der Waals surface area contributed by atoms with Crippen molar-refractivity contribution in [1.82, 2.24) is 0 Å². The molecule has 1 atom stereocenters. The van der Waals surface area contributed by atoms with Crippen LogP contribution in [0.3, 0.4) is 0 Å². The second kappa shape index (κ2) is 8.46. The summed E-state index contributed by atoms with van der Waals surface area (Å²) in [7, 11) is 4.11. The van der Waals surface area contributed by atoms with E-state index in [2.05, 4.69) is 54.2 Å². The lowest BCUT2D eigenvalue weighted by molar-refractivity contribution is 0.0980. The molecule has 4 nitrogen and oxygen atoms in total. The van der Waals surface area contributed by atoms with Crippen molar-refractivity contribution >= 4 is 40.7 Å². The van der Waals surface area contributed by atoms with Gasteiger partial charge in [-0.15, -0.1) is 0 Å². The molecule has 3 aliphatic rings. The first-order valence-corrected chi connectivity index (χ1v) is 12.7. The molecule has 3 aromatic rings. The van der Waals surface area contributed by atoms with E-state index < -0.39 is 6.10 Å². The van der Waals surface area contributed by atoms with Gasteiger partial charge in [-0.25, -0.2) is 0 Å². The normalized spacial score (nSPS) is 22.2. The molecular weight excluding hydrogens is 460 g/mol. The Kier molecular flexibility index (Phi) is 5.27. The first kappa shape index (κ1) is 21.2. The third kappa shape index (κ3) is 3.54. The lowest BCUT2D eigenvalue weighted by Gasteiger charge is -2.27. The molecule has 0 saturated heterocycles. The number of anilines is 2. The van der Waals surface area contributed by atoms with E-state index in [9.17, 15) is 4.79 Å². The van der Waals surface area contributed by atoms with E-state index in [-0.39, 0.29) is 5.78 Å². The van der Waals surface area contributed by atoms with Crippen LogP contribution < -0.4 is 14.5 Å². The molecule has 3 heterocycles. The van der Waals surface area contributed by atoms with Crippen LogP contribution in [0.25, 0.3) is 0 Å². The van der Waals surface area contributed by atoms with Crippen molar-refractivity contribution < 1.29 is 9.53 Å². The van der Waals surface area contributed by atoms with E-state index in [1.54, 1.807) is 23.5 Å². The van der Waals surface area contributed by atoms with Crippen molar-refractivity contribution in [3.05, 3.63) is 112 Å². The SMILES string of the molecule is CN1/C(=C\C=C2/C(=O)c3ccccc3O[C@H]2/C=C2/Sc3ccccc3N2C)Sc2ccccc21. The minimum Gasteiger partial charge on any atom is -0.481 e. The van der Waals surface area contributed by atoms with Crippen molar-refractivity contribution in [2.24, 2.45) is 0 Å². The van der Waals surface area contributed by atoms with Gasteiger partial charge < -0.3 is 14.5 Å². The molecule has 0 aromatic heterocycles. The number of thioether (sulfide) groups is 2. The second-order valence-electron chi connectivity index (χ2n) is 8.25. The number of para-hydroxylation sites is 3. The standard InChI is InChI=1S/C28H22N2O2S2/c1-29-20-10-4-7-13-24(20)33-26(29)16-15-19-23(32-22-12-6-3-9-18(22)28(19)31)17-27-30(2)21-11-5-8-14-25(21)34-27/h3-17,23H,1-2H3/b19-15-,26-16+,27-17+/t23-/m0/s1. The van der Waals surface area contributed by atoms with Crippen molar-refractivity contribution in [3.8, 4) is 5.75 Å². The third-order valence-electron chi connectivity index (χ3n) is 6.20. The molecule has 168 valence electrons. The van der Waals surface area contributed by atoms with Gasteiger partial charge in [0, 0.05) is 29.5 Å². The van der Waals surface area contributed by atoms with Gasteiger partial charge in [-0.05, 0) is 54.6 Å². The summed E-state index contributed by atoms with van der Waals surface area (Å²) in [5.41, 5.74) is 3.58. The maximum Gasteiger partial charge on any atom is 0.196 e. The van der Waals surface area contributed by atoms with Crippen LogP contribution in [0.1, 0.15) is 10.4 Å². The van der Waals surface area contributed by atoms with Crippen molar-refractivity contribution in [3.63, 3.8) is 0 Å². The third-order valence-corrected chi connectivity index (χ3v) is 8.57. The molecule has 0 spiro atoms. The zero-order chi connectivity index (χ0) is 23.2. The van der Waals surface area contributed by atoms with Gasteiger partial charge in [0.25, 0.3) is 0 Å². The molecule has 34 heavy (non-hydrogen) atoms. The summed E-state index contributed by atoms with van der Waals surface area (Å²) < 4.78 is 6.37. The molecule has 0 aliphatic carbocycles. The summed E-state index contributed by atoms with van der Waals surface area (Å²) >= 11 is 3.41. The number of hydrogen-bond donors (Lipinski definition) is 0. The fourth-order valence-corrected chi connectivity index (χ4v) is 6.52. The maximum atomic E-state index is 13.6. The molecule has 6 heteroatoms. The second-order valence-corrected chi connectivity index (χ2v) is 10.4. The van der Waals surface area contributed by atoms with E-state index in [1.807, 2.05) is 60.7 Å². The van der Waals surface area contributed by atoms with Crippen LogP contribution in [0.15, 0.2) is 116 Å². The van der Waals surface area contributed by atoms with Crippen LogP contribution in [-0.4, -0.2) is 26.0 Å². The average molecular weight is 483 g/mol. The molecule has 0 amide bonds. The van der Waals surface area contributed by atoms with Gasteiger partial charge in [0.15, 0.2) is 5.78 Å². The number of benzene rings is 3. The number of ether oxygens (including phenoxy) is 1. The molecule has 0 N–H and O–H groups in total. The number of fused-ring (bicyclic) bond motifs is 3. The number of carbonyl (C=O) groups excluding carboxylic acids is 1. The van der Waals surface area contributed by atoms with E-state index >= 15 is 0 Å². The number of hydrogen-bond acceptors (Lipinski definition) is 6. The summed E-state index contributed by atoms with van der Waals surface area (Å²) in [6.07, 6.45) is 5.54. The van der Waals surface area contributed by atoms with E-state index in [1.165, 1.54) is 15.5 Å². The zero-order valence-corrected chi connectivity index (χ0v) is 20.4. The van der Waals surface area contributed by atoms with Gasteiger partial charge in [0.1, 0.15) is 11.9 Å². The van der Waals surface area contributed by atoms with Crippen LogP contribution >= 0.6 is 23.5 Å². The molecule has 3 aromatic carbocycles. The predicted octanol–water partition coefficient (Wildman–Crippen LogP) is 6.72. The summed E-state index contributed by atoms with van der Waals surface area (Å²) in [4.78, 5) is 20.3. The topological polar surface area (TPSA) is 32.8 Å². The van der Waals surface area contributed by atoms with E-state index in [0.717, 1.165) is 15.7 Å². The van der Waals surface area contributed by atoms with Gasteiger partial charge in [-0.1, -0.05) is 59.9 Å². The minimum atomic E-state index is -0.474. The Bertz CT molecular complexity index is 1410. The van der Waals surface area contributed by atoms with E-state index in [4.69, 9.17) is 4.74 Å². The Hall–Kier alpha value is -3.35. The number of ketones is 1. The number of nitrogens with zero attached hydrogens (tertiary/aromatic N) is 2. The fourth-order valence-electron chi connectivity index (χ4n) is 4.36. The lowest BCUT2D eigenvalue weighted by Crippen LogP contribution is -2.29. The molecule has 3 aliphatic heterocycles. The van der Waals surface area contributed by atoms with Crippen molar-refractivity contribution in [2.45, 2.75) is 15.9 Å². The highest BCUT2D eigenvalue weighted by Gasteiger charge is 2.32. The Morgan fingerprint density at radius 3 is 2.06 bits per heavy atom. The Labute approximate surface area is 207 Å². The van der Waals surface area contributed by atoms with Crippen LogP contribution in [0.2, 0.25) is 0 Å². The summed E-state index contributed by atoms with van der Waals surface area (Å²) in [6, 6.07) is 24.1. The Balaban J connectivity index is 1.39. The Morgan fingerprint density at radius 1 is 0.765 bits per heavy atom. The molecule has 0 fully saturated rings. The van der Waals surface area contributed by atoms with Crippen molar-refractivity contribution in [2.75, 3.05) is 23.9 Å². The molecule has 0 bridgehead atoms. The highest BCUT2D eigenvalue weighted by atomic mass is 32.2. The van der Waals surface area contributed by atoms with Gasteiger partial charge in [0.05, 0.1) is 27.0 Å². The highest BCUT2D eigenvalue weighted by molar-refractivity contribution is 8.04. The first-order chi connectivity index (χ1) is 16.6. The lowest BCUT2D eigenvalue weighted by atomic mass is 9.94. The Morgan fingerprint density at radius 2 is 1.35 bits per heavy atom. The molecule has 0 radical (unpaired) electrons. The van der Waals surface area contributed by atoms with Crippen LogP contribution in [0, 0.1) is 0 Å². The largest absolute Gasteiger partial charge is 0.481 e. The quantitative estimate of drug-likeness (QED) is 0.377. The number of Topliss-reactive ketones (excluding diaryl/α,β-unsaturated/α-hetero) is 1. The fraction of sp³-hybridized carbons (Fsp3) is 0.107.